The molecule has 4 heteroatoms. The van der Waals surface area contributed by atoms with Gasteiger partial charge in [-0.1, -0.05) is 24.3 Å². The Morgan fingerprint density at radius 2 is 2.15 bits per heavy atom. The van der Waals surface area contributed by atoms with Crippen molar-refractivity contribution in [1.29, 1.82) is 0 Å². The summed E-state index contributed by atoms with van der Waals surface area (Å²) in [5.41, 5.74) is 1.85. The van der Waals surface area contributed by atoms with Crippen LogP contribution in [0.4, 0.5) is 0 Å². The third-order valence-corrected chi connectivity index (χ3v) is 2.74. The number of rotatable bonds is 3. The highest BCUT2D eigenvalue weighted by molar-refractivity contribution is 6.04. The smallest absolute Gasteiger partial charge is 0.340 e. The first-order valence-corrected chi connectivity index (χ1v) is 6.52. The van der Waals surface area contributed by atoms with Gasteiger partial charge in [-0.2, -0.15) is 0 Å². The van der Waals surface area contributed by atoms with E-state index < -0.39 is 5.60 Å². The van der Waals surface area contributed by atoms with E-state index in [2.05, 4.69) is 4.98 Å². The van der Waals surface area contributed by atoms with Crippen LogP contribution in [-0.4, -0.2) is 28.3 Å². The summed E-state index contributed by atoms with van der Waals surface area (Å²) in [7, 11) is 0. The number of aromatic nitrogens is 1. The van der Waals surface area contributed by atoms with Gasteiger partial charge in [0.2, 0.25) is 0 Å². The Balaban J connectivity index is 2.33. The number of hydrogen-bond acceptors (Lipinski definition) is 3. The Bertz CT molecular complexity index is 647. The minimum atomic E-state index is -0.509. The number of ether oxygens (including phenoxy) is 1. The molecular formula is C16H19NO3. The quantitative estimate of drug-likeness (QED) is 0.844. The second-order valence-electron chi connectivity index (χ2n) is 5.59. The zero-order valence-corrected chi connectivity index (χ0v) is 11.9. The van der Waals surface area contributed by atoms with Gasteiger partial charge in [0.15, 0.2) is 0 Å². The Morgan fingerprint density at radius 3 is 2.80 bits per heavy atom. The molecule has 0 spiro atoms. The molecule has 0 unspecified atom stereocenters. The number of benzene rings is 1. The van der Waals surface area contributed by atoms with Crippen molar-refractivity contribution in [3.05, 3.63) is 41.6 Å². The van der Waals surface area contributed by atoms with Crippen molar-refractivity contribution in [1.82, 2.24) is 4.98 Å². The fourth-order valence-electron chi connectivity index (χ4n) is 1.94. The molecule has 2 rings (SSSR count). The molecule has 1 aromatic heterocycles. The molecule has 4 nitrogen and oxygen atoms in total. The van der Waals surface area contributed by atoms with Crippen molar-refractivity contribution in [2.75, 3.05) is 6.61 Å². The van der Waals surface area contributed by atoms with Crippen LogP contribution in [0, 0.1) is 0 Å². The highest BCUT2D eigenvalue weighted by Crippen LogP contribution is 2.22. The standard InChI is InChI=1S/C16H19NO3/c1-16(2,3)20-15(19)13-10-17-14-9-11(5-4-8-18)6-7-12(13)14/h4-7,9-10,17-18H,8H2,1-3H3. The molecule has 0 amide bonds. The van der Waals surface area contributed by atoms with Crippen molar-refractivity contribution in [3.63, 3.8) is 0 Å². The minimum absolute atomic E-state index is 0.00587. The summed E-state index contributed by atoms with van der Waals surface area (Å²) < 4.78 is 5.38. The van der Waals surface area contributed by atoms with E-state index in [9.17, 15) is 4.79 Å². The summed E-state index contributed by atoms with van der Waals surface area (Å²) in [5.74, 6) is -0.331. The van der Waals surface area contributed by atoms with Gasteiger partial charge < -0.3 is 14.8 Å². The molecule has 0 aliphatic rings. The van der Waals surface area contributed by atoms with Crippen LogP contribution in [0.25, 0.3) is 17.0 Å². The van der Waals surface area contributed by atoms with Crippen molar-refractivity contribution in [3.8, 4) is 0 Å². The molecule has 0 atom stereocenters. The summed E-state index contributed by atoms with van der Waals surface area (Å²) in [6.45, 7) is 5.54. The lowest BCUT2D eigenvalue weighted by Gasteiger charge is -2.19. The molecule has 0 fully saturated rings. The van der Waals surface area contributed by atoms with Crippen LogP contribution in [0.3, 0.4) is 0 Å². The van der Waals surface area contributed by atoms with Gasteiger partial charge in [0.05, 0.1) is 12.2 Å². The van der Waals surface area contributed by atoms with Gasteiger partial charge in [-0.3, -0.25) is 0 Å². The van der Waals surface area contributed by atoms with E-state index in [1.165, 1.54) is 0 Å². The molecule has 1 heterocycles. The zero-order valence-electron chi connectivity index (χ0n) is 11.9. The van der Waals surface area contributed by atoms with Crippen LogP contribution >= 0.6 is 0 Å². The van der Waals surface area contributed by atoms with Gasteiger partial charge in [0, 0.05) is 17.1 Å². The average Bonchev–Trinajstić information content (AvgIpc) is 2.77. The van der Waals surface area contributed by atoms with Crippen LogP contribution in [0.1, 0.15) is 36.7 Å². The summed E-state index contributed by atoms with van der Waals surface area (Å²) in [6.07, 6.45) is 5.16. The predicted octanol–water partition coefficient (Wildman–Crippen LogP) is 3.13. The van der Waals surface area contributed by atoms with Crippen molar-refractivity contribution in [2.24, 2.45) is 0 Å². The molecular weight excluding hydrogens is 254 g/mol. The maximum atomic E-state index is 12.1. The molecule has 0 radical (unpaired) electrons. The normalized spacial score (nSPS) is 12.2. The van der Waals surface area contributed by atoms with Gasteiger partial charge in [-0.25, -0.2) is 4.79 Å². The third-order valence-electron chi connectivity index (χ3n) is 2.74. The van der Waals surface area contributed by atoms with E-state index >= 15 is 0 Å². The number of esters is 1. The molecule has 0 saturated heterocycles. The van der Waals surface area contributed by atoms with Gasteiger partial charge in [0.25, 0.3) is 0 Å². The molecule has 0 saturated carbocycles. The lowest BCUT2D eigenvalue weighted by molar-refractivity contribution is 0.00719. The molecule has 106 valence electrons. The number of hydrogen-bond donors (Lipinski definition) is 2. The highest BCUT2D eigenvalue weighted by Gasteiger charge is 2.20. The van der Waals surface area contributed by atoms with E-state index in [1.807, 2.05) is 45.0 Å². The first-order valence-electron chi connectivity index (χ1n) is 6.52. The minimum Gasteiger partial charge on any atom is -0.456 e. The second kappa shape index (κ2) is 5.51. The van der Waals surface area contributed by atoms with E-state index in [0.29, 0.717) is 5.56 Å². The topological polar surface area (TPSA) is 62.3 Å². The Morgan fingerprint density at radius 1 is 1.40 bits per heavy atom. The number of H-pyrrole nitrogens is 1. The zero-order chi connectivity index (χ0) is 14.8. The fourth-order valence-corrected chi connectivity index (χ4v) is 1.94. The number of aromatic amines is 1. The number of fused-ring (bicyclic) bond motifs is 1. The van der Waals surface area contributed by atoms with Gasteiger partial charge in [0.1, 0.15) is 5.60 Å². The maximum Gasteiger partial charge on any atom is 0.340 e. The SMILES string of the molecule is CC(C)(C)OC(=O)c1c[nH]c2cc(C=CCO)ccc12. The lowest BCUT2D eigenvalue weighted by atomic mass is 10.1. The molecule has 0 aliphatic carbocycles. The lowest BCUT2D eigenvalue weighted by Crippen LogP contribution is -2.23. The van der Waals surface area contributed by atoms with Crippen LogP contribution in [-0.2, 0) is 4.74 Å². The van der Waals surface area contributed by atoms with E-state index in [1.54, 1.807) is 12.3 Å². The number of carbonyl (C=O) groups excluding carboxylic acids is 1. The van der Waals surface area contributed by atoms with E-state index in [4.69, 9.17) is 9.84 Å². The van der Waals surface area contributed by atoms with Crippen molar-refractivity contribution in [2.45, 2.75) is 26.4 Å². The molecule has 20 heavy (non-hydrogen) atoms. The molecule has 0 bridgehead atoms. The van der Waals surface area contributed by atoms with E-state index in [0.717, 1.165) is 16.5 Å². The molecule has 2 N–H and O–H groups in total. The summed E-state index contributed by atoms with van der Waals surface area (Å²) in [4.78, 5) is 15.2. The van der Waals surface area contributed by atoms with Crippen molar-refractivity contribution >= 4 is 22.9 Å². The number of carbonyl (C=O) groups is 1. The maximum absolute atomic E-state index is 12.1. The second-order valence-corrected chi connectivity index (χ2v) is 5.59. The highest BCUT2D eigenvalue weighted by atomic mass is 16.6. The third kappa shape index (κ3) is 3.27. The monoisotopic (exact) mass is 273 g/mol. The largest absolute Gasteiger partial charge is 0.456 e. The van der Waals surface area contributed by atoms with Crippen molar-refractivity contribution < 1.29 is 14.6 Å². The number of aliphatic hydroxyl groups is 1. The number of nitrogens with one attached hydrogen (secondary N) is 1. The number of aliphatic hydroxyl groups excluding tert-OH is 1. The van der Waals surface area contributed by atoms with Gasteiger partial charge in [-0.15, -0.1) is 0 Å². The van der Waals surface area contributed by atoms with Gasteiger partial charge in [-0.05, 0) is 32.4 Å². The Labute approximate surface area is 118 Å². The molecule has 0 aliphatic heterocycles. The average molecular weight is 273 g/mol. The summed E-state index contributed by atoms with van der Waals surface area (Å²) >= 11 is 0. The van der Waals surface area contributed by atoms with Crippen LogP contribution < -0.4 is 0 Å². The predicted molar refractivity (Wildman–Crippen MR) is 79.6 cm³/mol. The fraction of sp³-hybridized carbons (Fsp3) is 0.312. The molecule has 1 aromatic carbocycles. The summed E-state index contributed by atoms with van der Waals surface area (Å²) in [6, 6.07) is 5.70. The Kier molecular flexibility index (Phi) is 3.95. The van der Waals surface area contributed by atoms with E-state index in [-0.39, 0.29) is 12.6 Å². The van der Waals surface area contributed by atoms with Crippen LogP contribution in [0.15, 0.2) is 30.5 Å². The first-order chi connectivity index (χ1) is 9.40. The van der Waals surface area contributed by atoms with Crippen LogP contribution in [0.2, 0.25) is 0 Å². The van der Waals surface area contributed by atoms with Gasteiger partial charge >= 0.3 is 5.97 Å². The van der Waals surface area contributed by atoms with Crippen LogP contribution in [0.5, 0.6) is 0 Å². The summed E-state index contributed by atoms with van der Waals surface area (Å²) in [5, 5.41) is 9.60. The molecule has 2 aromatic rings. The Hall–Kier alpha value is -2.07. The first kappa shape index (κ1) is 14.3.